The average Bonchev–Trinajstić information content (AvgIpc) is 2.93. The van der Waals surface area contributed by atoms with Crippen LogP contribution in [0.1, 0.15) is 25.8 Å². The SMILES string of the molecule is CC(=O)N(CCC(=O)N1c2ccccc2CC1C)c1cc(Cl)ccc1Cl. The van der Waals surface area contributed by atoms with Gasteiger partial charge in [-0.1, -0.05) is 41.4 Å². The topological polar surface area (TPSA) is 40.6 Å². The van der Waals surface area contributed by atoms with Crippen LogP contribution in [0.15, 0.2) is 42.5 Å². The molecular weight excluding hydrogens is 371 g/mol. The molecule has 2 amide bonds. The van der Waals surface area contributed by atoms with Crippen molar-refractivity contribution in [1.82, 2.24) is 0 Å². The molecule has 2 aromatic carbocycles. The van der Waals surface area contributed by atoms with Gasteiger partial charge in [0.15, 0.2) is 0 Å². The summed E-state index contributed by atoms with van der Waals surface area (Å²) in [5.41, 5.74) is 2.66. The van der Waals surface area contributed by atoms with Crippen molar-refractivity contribution in [2.24, 2.45) is 0 Å². The average molecular weight is 391 g/mol. The van der Waals surface area contributed by atoms with Crippen molar-refractivity contribution < 1.29 is 9.59 Å². The van der Waals surface area contributed by atoms with E-state index < -0.39 is 0 Å². The molecule has 0 fully saturated rings. The van der Waals surface area contributed by atoms with Crippen LogP contribution in [-0.4, -0.2) is 24.4 Å². The maximum Gasteiger partial charge on any atom is 0.229 e. The van der Waals surface area contributed by atoms with E-state index in [4.69, 9.17) is 23.2 Å². The summed E-state index contributed by atoms with van der Waals surface area (Å²) in [6.07, 6.45) is 1.06. The minimum absolute atomic E-state index is 0.00755. The molecule has 4 nitrogen and oxygen atoms in total. The molecule has 0 radical (unpaired) electrons. The van der Waals surface area contributed by atoms with Crippen LogP contribution in [-0.2, 0) is 16.0 Å². The van der Waals surface area contributed by atoms with Crippen LogP contribution in [0.4, 0.5) is 11.4 Å². The van der Waals surface area contributed by atoms with Gasteiger partial charge < -0.3 is 9.80 Å². The predicted octanol–water partition coefficient (Wildman–Crippen LogP) is 4.71. The lowest BCUT2D eigenvalue weighted by Gasteiger charge is -2.26. The Kier molecular flexibility index (Phi) is 5.54. The van der Waals surface area contributed by atoms with Crippen molar-refractivity contribution in [3.63, 3.8) is 0 Å². The van der Waals surface area contributed by atoms with E-state index in [0.717, 1.165) is 12.1 Å². The molecule has 0 spiro atoms. The number of hydrogen-bond acceptors (Lipinski definition) is 2. The highest BCUT2D eigenvalue weighted by Gasteiger charge is 2.30. The quantitative estimate of drug-likeness (QED) is 0.757. The lowest BCUT2D eigenvalue weighted by atomic mass is 10.1. The first-order valence-corrected chi connectivity index (χ1v) is 9.27. The Morgan fingerprint density at radius 2 is 1.92 bits per heavy atom. The van der Waals surface area contributed by atoms with Crippen LogP contribution in [0, 0.1) is 0 Å². The first-order chi connectivity index (χ1) is 12.4. The highest BCUT2D eigenvalue weighted by molar-refractivity contribution is 6.35. The largest absolute Gasteiger partial charge is 0.311 e. The first-order valence-electron chi connectivity index (χ1n) is 8.51. The van der Waals surface area contributed by atoms with Crippen LogP contribution in [0.25, 0.3) is 0 Å². The van der Waals surface area contributed by atoms with E-state index in [1.54, 1.807) is 18.2 Å². The number of rotatable bonds is 4. The number of anilines is 2. The van der Waals surface area contributed by atoms with Crippen LogP contribution in [0.3, 0.4) is 0 Å². The highest BCUT2D eigenvalue weighted by atomic mass is 35.5. The molecule has 1 heterocycles. The van der Waals surface area contributed by atoms with Crippen molar-refractivity contribution in [3.05, 3.63) is 58.1 Å². The standard InChI is InChI=1S/C20H20Cl2N2O2/c1-13-11-15-5-3-4-6-18(15)24(13)20(26)9-10-23(14(2)25)19-12-16(21)7-8-17(19)22/h3-8,12-13H,9-11H2,1-2H3. The Hall–Kier alpha value is -2.04. The molecule has 0 bridgehead atoms. The summed E-state index contributed by atoms with van der Waals surface area (Å²) in [5, 5.41) is 0.918. The van der Waals surface area contributed by atoms with Gasteiger partial charge in [-0.05, 0) is 43.2 Å². The van der Waals surface area contributed by atoms with E-state index >= 15 is 0 Å². The first kappa shape index (κ1) is 18.7. The third kappa shape index (κ3) is 3.71. The minimum Gasteiger partial charge on any atom is -0.311 e. The zero-order valence-corrected chi connectivity index (χ0v) is 16.2. The summed E-state index contributed by atoms with van der Waals surface area (Å²) in [4.78, 5) is 28.3. The molecule has 136 valence electrons. The van der Waals surface area contributed by atoms with Crippen LogP contribution in [0.2, 0.25) is 10.0 Å². The second-order valence-corrected chi connectivity index (χ2v) is 7.31. The van der Waals surface area contributed by atoms with Crippen LogP contribution < -0.4 is 9.80 Å². The van der Waals surface area contributed by atoms with Gasteiger partial charge >= 0.3 is 0 Å². The number of benzene rings is 2. The van der Waals surface area contributed by atoms with Gasteiger partial charge in [-0.2, -0.15) is 0 Å². The maximum absolute atomic E-state index is 12.9. The number of amides is 2. The normalized spacial score (nSPS) is 15.7. The number of para-hydroxylation sites is 1. The molecule has 2 aromatic rings. The summed E-state index contributed by atoms with van der Waals surface area (Å²) >= 11 is 12.3. The van der Waals surface area contributed by atoms with E-state index in [2.05, 4.69) is 0 Å². The number of fused-ring (bicyclic) bond motifs is 1. The van der Waals surface area contributed by atoms with Crippen molar-refractivity contribution in [2.75, 3.05) is 16.3 Å². The Balaban J connectivity index is 1.77. The summed E-state index contributed by atoms with van der Waals surface area (Å²) < 4.78 is 0. The van der Waals surface area contributed by atoms with Gasteiger partial charge in [0.25, 0.3) is 0 Å². The van der Waals surface area contributed by atoms with Crippen molar-refractivity contribution >= 4 is 46.4 Å². The molecule has 1 atom stereocenters. The lowest BCUT2D eigenvalue weighted by Crippen LogP contribution is -2.39. The fourth-order valence-corrected chi connectivity index (χ4v) is 3.80. The number of hydrogen-bond donors (Lipinski definition) is 0. The molecule has 1 unspecified atom stereocenters. The second kappa shape index (κ2) is 7.68. The lowest BCUT2D eigenvalue weighted by molar-refractivity contribution is -0.119. The van der Waals surface area contributed by atoms with E-state index in [1.807, 2.05) is 36.1 Å². The molecular formula is C20H20Cl2N2O2. The van der Waals surface area contributed by atoms with Gasteiger partial charge in [0.1, 0.15) is 0 Å². The van der Waals surface area contributed by atoms with Crippen LogP contribution in [0.5, 0.6) is 0 Å². The van der Waals surface area contributed by atoms with Gasteiger partial charge in [-0.15, -0.1) is 0 Å². The molecule has 0 N–H and O–H groups in total. The Bertz CT molecular complexity index is 853. The molecule has 0 saturated carbocycles. The fourth-order valence-electron chi connectivity index (χ4n) is 3.41. The summed E-state index contributed by atoms with van der Waals surface area (Å²) in [7, 11) is 0. The molecule has 1 aliphatic heterocycles. The zero-order chi connectivity index (χ0) is 18.8. The molecule has 3 rings (SSSR count). The number of carbonyl (C=O) groups excluding carboxylic acids is 2. The predicted molar refractivity (Wildman–Crippen MR) is 106 cm³/mol. The number of carbonyl (C=O) groups is 2. The van der Waals surface area contributed by atoms with Crippen molar-refractivity contribution in [3.8, 4) is 0 Å². The van der Waals surface area contributed by atoms with Gasteiger partial charge in [-0.3, -0.25) is 9.59 Å². The molecule has 26 heavy (non-hydrogen) atoms. The number of halogens is 2. The highest BCUT2D eigenvalue weighted by Crippen LogP contribution is 2.33. The fraction of sp³-hybridized carbons (Fsp3) is 0.300. The summed E-state index contributed by atoms with van der Waals surface area (Å²) in [6.45, 7) is 3.74. The summed E-state index contributed by atoms with van der Waals surface area (Å²) in [5.74, 6) is -0.191. The van der Waals surface area contributed by atoms with E-state index in [-0.39, 0.29) is 30.8 Å². The molecule has 0 saturated heterocycles. The van der Waals surface area contributed by atoms with Gasteiger partial charge in [0.05, 0.1) is 10.7 Å². The van der Waals surface area contributed by atoms with Gasteiger partial charge in [-0.25, -0.2) is 0 Å². The second-order valence-electron chi connectivity index (χ2n) is 6.46. The third-order valence-electron chi connectivity index (χ3n) is 4.60. The van der Waals surface area contributed by atoms with E-state index in [0.29, 0.717) is 15.7 Å². The molecule has 0 aromatic heterocycles. The smallest absolute Gasteiger partial charge is 0.229 e. The Morgan fingerprint density at radius 3 is 2.65 bits per heavy atom. The maximum atomic E-state index is 12.9. The summed E-state index contributed by atoms with van der Waals surface area (Å²) in [6, 6.07) is 13.0. The van der Waals surface area contributed by atoms with Gasteiger partial charge in [0.2, 0.25) is 11.8 Å². The zero-order valence-electron chi connectivity index (χ0n) is 14.7. The molecule has 0 aliphatic carbocycles. The Morgan fingerprint density at radius 1 is 1.19 bits per heavy atom. The monoisotopic (exact) mass is 390 g/mol. The molecule has 6 heteroatoms. The third-order valence-corrected chi connectivity index (χ3v) is 5.16. The number of nitrogens with zero attached hydrogens (tertiary/aromatic N) is 2. The van der Waals surface area contributed by atoms with Crippen LogP contribution >= 0.6 is 23.2 Å². The van der Waals surface area contributed by atoms with E-state index in [9.17, 15) is 9.59 Å². The van der Waals surface area contributed by atoms with Crippen molar-refractivity contribution in [1.29, 1.82) is 0 Å². The van der Waals surface area contributed by atoms with E-state index in [1.165, 1.54) is 17.4 Å². The Labute approximate surface area is 163 Å². The molecule has 1 aliphatic rings. The van der Waals surface area contributed by atoms with Gasteiger partial charge in [0, 0.05) is 36.6 Å². The van der Waals surface area contributed by atoms with Crippen molar-refractivity contribution in [2.45, 2.75) is 32.7 Å². The minimum atomic E-state index is -0.183.